The molecule has 3 amide bonds. The molecule has 0 saturated carbocycles. The van der Waals surface area contributed by atoms with Crippen molar-refractivity contribution >= 4 is 72.8 Å². The van der Waals surface area contributed by atoms with Gasteiger partial charge in [0, 0.05) is 69.3 Å². The van der Waals surface area contributed by atoms with Gasteiger partial charge in [0.15, 0.2) is 10.8 Å². The predicted octanol–water partition coefficient (Wildman–Crippen LogP) is 9.52. The van der Waals surface area contributed by atoms with Gasteiger partial charge in [0.1, 0.15) is 17.3 Å². The van der Waals surface area contributed by atoms with Crippen molar-refractivity contribution in [3.05, 3.63) is 154 Å². The number of carboxylic acid groups (broad SMARTS) is 1. The van der Waals surface area contributed by atoms with Gasteiger partial charge in [-0.1, -0.05) is 72.0 Å². The van der Waals surface area contributed by atoms with E-state index in [0.717, 1.165) is 107 Å². The van der Waals surface area contributed by atoms with E-state index < -0.39 is 11.9 Å². The lowest BCUT2D eigenvalue weighted by atomic mass is 9.92. The summed E-state index contributed by atoms with van der Waals surface area (Å²) < 4.78 is 9.30. The van der Waals surface area contributed by atoms with Gasteiger partial charge < -0.3 is 19.6 Å². The second-order valence-corrected chi connectivity index (χ2v) is 20.1. The predicted molar refractivity (Wildman–Crippen MR) is 284 cm³/mol. The van der Waals surface area contributed by atoms with Crippen LogP contribution in [0.1, 0.15) is 80.4 Å². The third kappa shape index (κ3) is 9.75. The zero-order valence-electron chi connectivity index (χ0n) is 40.8. The number of ether oxygens (including phenoxy) is 1. The van der Waals surface area contributed by atoms with Crippen LogP contribution < -0.4 is 25.2 Å². The molecule has 1 atom stereocenters. The van der Waals surface area contributed by atoms with E-state index in [2.05, 4.69) is 43.6 Å². The Labute approximate surface area is 426 Å². The number of imide groups is 1. The molecule has 2 saturated heterocycles. The minimum atomic E-state index is -1.13. The van der Waals surface area contributed by atoms with Gasteiger partial charge in [0.2, 0.25) is 11.8 Å². The maximum atomic E-state index is 13.7. The Morgan fingerprint density at radius 3 is 2.44 bits per heavy atom. The fraction of sp³-hybridized carbons (Fsp3) is 0.281. The average Bonchev–Trinajstić information content (AvgIpc) is 3.98. The first-order valence-electron chi connectivity index (χ1n) is 24.9. The molecule has 5 aromatic carbocycles. The standard InChI is InChI=1S/C57H55N9O6S/c1-35-39(40-23-25-49(59-52(40)56(70)71)66-29-27-37-11-7-13-41(44(37)34-66)54(68)61-57-58-45-15-3-4-18-48(45)73-57)12-9-17-47(35)72-38-21-19-36(20-22-38)10-5-6-28-64-30-32-65(33-31-64)46-16-8-14-42-51(62-63(2)53(42)46)43-24-26-50(67)60-55(43)69/h3-4,7-9,11-23,25,43H,5-6,10,24,26-34H2,1-2H3,(H,70,71)(H,58,61,68)(H,60,67,69). The van der Waals surface area contributed by atoms with E-state index in [1.165, 1.54) is 16.9 Å². The lowest BCUT2D eigenvalue weighted by molar-refractivity contribution is -0.134. The number of aromatic carboxylic acids is 1. The van der Waals surface area contributed by atoms with Crippen LogP contribution in [0.4, 0.5) is 16.6 Å². The molecule has 11 rings (SSSR count). The SMILES string of the molecule is Cc1c(Oc2ccc(CCCCN3CCN(c4cccc5c(C6CCC(=O)NC6=O)nn(C)c45)CC3)cc2)cccc1-c1ccc(N2CCc3cccc(C(=O)Nc4nc5ccccc5s4)c3C2)nc1C(=O)O. The van der Waals surface area contributed by atoms with Crippen LogP contribution in [0, 0.1) is 6.92 Å². The number of amides is 3. The minimum Gasteiger partial charge on any atom is -0.476 e. The number of aromatic nitrogens is 4. The molecule has 3 aromatic heterocycles. The number of carbonyl (C=O) groups is 4. The first kappa shape index (κ1) is 47.4. The highest BCUT2D eigenvalue weighted by Gasteiger charge is 2.33. The lowest BCUT2D eigenvalue weighted by Gasteiger charge is -2.36. The van der Waals surface area contributed by atoms with Gasteiger partial charge in [-0.15, -0.1) is 0 Å². The number of nitrogens with zero attached hydrogens (tertiary/aromatic N) is 7. The fourth-order valence-corrected chi connectivity index (χ4v) is 11.5. The number of para-hydroxylation sites is 2. The summed E-state index contributed by atoms with van der Waals surface area (Å²) >= 11 is 1.43. The number of aryl methyl sites for hydroxylation is 2. The van der Waals surface area contributed by atoms with Gasteiger partial charge in [-0.25, -0.2) is 14.8 Å². The quantitative estimate of drug-likeness (QED) is 0.0696. The number of fused-ring (bicyclic) bond motifs is 3. The fourth-order valence-electron chi connectivity index (χ4n) is 10.6. The summed E-state index contributed by atoms with van der Waals surface area (Å²) in [7, 11) is 1.93. The molecule has 73 heavy (non-hydrogen) atoms. The smallest absolute Gasteiger partial charge is 0.355 e. The van der Waals surface area contributed by atoms with Crippen molar-refractivity contribution < 1.29 is 29.0 Å². The summed E-state index contributed by atoms with van der Waals surface area (Å²) in [5, 5.41) is 22.3. The minimum absolute atomic E-state index is 0.0564. The molecule has 370 valence electrons. The number of benzene rings is 5. The maximum Gasteiger partial charge on any atom is 0.355 e. The molecule has 2 fully saturated rings. The number of unbranched alkanes of at least 4 members (excludes halogenated alkanes) is 1. The number of anilines is 3. The number of pyridine rings is 1. The second-order valence-electron chi connectivity index (χ2n) is 19.1. The maximum absolute atomic E-state index is 13.7. The van der Waals surface area contributed by atoms with Crippen molar-refractivity contribution in [3.63, 3.8) is 0 Å². The number of hydrogen-bond acceptors (Lipinski definition) is 12. The summed E-state index contributed by atoms with van der Waals surface area (Å²) in [6.45, 7) is 7.71. The van der Waals surface area contributed by atoms with Crippen molar-refractivity contribution in [2.45, 2.75) is 57.9 Å². The van der Waals surface area contributed by atoms with E-state index in [-0.39, 0.29) is 23.4 Å². The van der Waals surface area contributed by atoms with Gasteiger partial charge in [0.05, 0.1) is 33.0 Å². The third-order valence-electron chi connectivity index (χ3n) is 14.5. The van der Waals surface area contributed by atoms with E-state index in [9.17, 15) is 24.3 Å². The molecule has 0 bridgehead atoms. The molecule has 3 N–H and O–H groups in total. The monoisotopic (exact) mass is 993 g/mol. The van der Waals surface area contributed by atoms with Crippen molar-refractivity contribution in [1.82, 2.24) is 30.0 Å². The van der Waals surface area contributed by atoms with Crippen LogP contribution in [0.5, 0.6) is 11.5 Å². The highest BCUT2D eigenvalue weighted by molar-refractivity contribution is 7.22. The van der Waals surface area contributed by atoms with Crippen molar-refractivity contribution in [1.29, 1.82) is 0 Å². The zero-order valence-corrected chi connectivity index (χ0v) is 41.6. The Morgan fingerprint density at radius 2 is 1.63 bits per heavy atom. The van der Waals surface area contributed by atoms with Crippen LogP contribution in [0.15, 0.2) is 115 Å². The summed E-state index contributed by atoms with van der Waals surface area (Å²) in [6.07, 6.45) is 4.58. The molecule has 3 aliphatic rings. The number of carbonyl (C=O) groups excluding carboxylic acids is 3. The van der Waals surface area contributed by atoms with Crippen molar-refractivity contribution in [3.8, 4) is 22.6 Å². The van der Waals surface area contributed by atoms with Crippen LogP contribution in [0.2, 0.25) is 0 Å². The molecule has 0 aliphatic carbocycles. The summed E-state index contributed by atoms with van der Waals surface area (Å²) in [5.41, 5.74) is 9.43. The van der Waals surface area contributed by atoms with Gasteiger partial charge in [-0.05, 0) is 128 Å². The van der Waals surface area contributed by atoms with Gasteiger partial charge >= 0.3 is 5.97 Å². The van der Waals surface area contributed by atoms with E-state index in [4.69, 9.17) is 14.8 Å². The van der Waals surface area contributed by atoms with E-state index >= 15 is 0 Å². The first-order valence-corrected chi connectivity index (χ1v) is 25.8. The number of piperidine rings is 1. The number of nitrogens with one attached hydrogen (secondary N) is 2. The lowest BCUT2D eigenvalue weighted by Crippen LogP contribution is -2.46. The van der Waals surface area contributed by atoms with Crippen LogP contribution in [0.3, 0.4) is 0 Å². The number of hydrogen-bond donors (Lipinski definition) is 3. The number of rotatable bonds is 14. The molecule has 0 spiro atoms. The van der Waals surface area contributed by atoms with E-state index in [1.54, 1.807) is 0 Å². The Morgan fingerprint density at radius 1 is 0.822 bits per heavy atom. The Hall–Kier alpha value is -7.95. The topological polar surface area (TPSA) is 175 Å². The molecule has 16 heteroatoms. The molecular weight excluding hydrogens is 939 g/mol. The molecule has 1 unspecified atom stereocenters. The Kier molecular flexibility index (Phi) is 13.2. The number of carboxylic acids is 1. The molecule has 3 aliphatic heterocycles. The van der Waals surface area contributed by atoms with E-state index in [0.29, 0.717) is 65.9 Å². The average molecular weight is 994 g/mol. The first-order chi connectivity index (χ1) is 35.5. The van der Waals surface area contributed by atoms with Crippen LogP contribution >= 0.6 is 11.3 Å². The highest BCUT2D eigenvalue weighted by atomic mass is 32.1. The zero-order chi connectivity index (χ0) is 50.2. The van der Waals surface area contributed by atoms with Gasteiger partial charge in [-0.2, -0.15) is 5.10 Å². The number of piperazine rings is 1. The Balaban J connectivity index is 0.685. The molecular formula is C57H55N9O6S. The van der Waals surface area contributed by atoms with Gasteiger partial charge in [-0.3, -0.25) is 34.6 Å². The summed E-state index contributed by atoms with van der Waals surface area (Å²) in [5.74, 6) is -0.436. The van der Waals surface area contributed by atoms with Crippen LogP contribution in [-0.4, -0.2) is 92.7 Å². The largest absolute Gasteiger partial charge is 0.476 e. The van der Waals surface area contributed by atoms with Gasteiger partial charge in [0.25, 0.3) is 5.91 Å². The number of thiazole rings is 1. The Bertz CT molecular complexity index is 3400. The molecule has 15 nitrogen and oxygen atoms in total. The summed E-state index contributed by atoms with van der Waals surface area (Å²) in [6, 6.07) is 37.3. The van der Waals surface area contributed by atoms with Crippen LogP contribution in [0.25, 0.3) is 32.2 Å². The van der Waals surface area contributed by atoms with Crippen LogP contribution in [-0.2, 0) is 36.0 Å². The highest BCUT2D eigenvalue weighted by Crippen LogP contribution is 2.38. The van der Waals surface area contributed by atoms with Crippen molar-refractivity contribution in [2.75, 3.05) is 54.4 Å². The molecule has 6 heterocycles. The molecule has 0 radical (unpaired) electrons. The van der Waals surface area contributed by atoms with E-state index in [1.807, 2.05) is 121 Å². The second kappa shape index (κ2) is 20.3. The third-order valence-corrected chi connectivity index (χ3v) is 15.5. The molecule has 8 aromatic rings. The normalized spacial score (nSPS) is 16.2. The summed E-state index contributed by atoms with van der Waals surface area (Å²) in [4.78, 5) is 67.3. The van der Waals surface area contributed by atoms with Crippen molar-refractivity contribution in [2.24, 2.45) is 7.05 Å².